The van der Waals surface area contributed by atoms with Gasteiger partial charge in [-0.1, -0.05) is 35.5 Å². The topological polar surface area (TPSA) is 104 Å². The monoisotopic (exact) mass is 538 g/mol. The van der Waals surface area contributed by atoms with Crippen LogP contribution in [-0.4, -0.2) is 48.8 Å². The smallest absolute Gasteiger partial charge is 0.266 e. The van der Waals surface area contributed by atoms with E-state index in [4.69, 9.17) is 25.8 Å². The molecule has 1 heterocycles. The lowest BCUT2D eigenvalue weighted by atomic mass is 10.2. The van der Waals surface area contributed by atoms with Crippen LogP contribution in [-0.2, 0) is 4.79 Å². The van der Waals surface area contributed by atoms with E-state index in [1.165, 1.54) is 25.0 Å². The van der Waals surface area contributed by atoms with E-state index in [0.29, 0.717) is 44.0 Å². The van der Waals surface area contributed by atoms with E-state index in [-0.39, 0.29) is 17.2 Å². The van der Waals surface area contributed by atoms with E-state index in [1.54, 1.807) is 67.8 Å². The lowest BCUT2D eigenvalue weighted by Gasteiger charge is -2.15. The standard InChI is InChI=1S/C26H23ClN4O5S/c1-34-19-10-8-18(9-11-19)31-25(33)20-12-22(35-2)23(36-3)13-21(20)29-26(31)37-15-24(32)30-28-14-16-4-6-17(27)7-5-16/h4-14H,15H2,1-3H3,(H,30,32)/b28-14+. The van der Waals surface area contributed by atoms with Crippen LogP contribution in [0.2, 0.25) is 5.02 Å². The van der Waals surface area contributed by atoms with Crippen LogP contribution in [0.15, 0.2) is 75.7 Å². The van der Waals surface area contributed by atoms with Crippen LogP contribution in [0.5, 0.6) is 17.2 Å². The zero-order valence-corrected chi connectivity index (χ0v) is 21.8. The molecular weight excluding hydrogens is 516 g/mol. The second-order valence-corrected chi connectivity index (χ2v) is 8.97. The molecule has 9 nitrogen and oxygen atoms in total. The zero-order valence-electron chi connectivity index (χ0n) is 20.2. The average molecular weight is 539 g/mol. The zero-order chi connectivity index (χ0) is 26.4. The molecule has 4 rings (SSSR count). The number of benzene rings is 3. The van der Waals surface area contributed by atoms with E-state index in [0.717, 1.165) is 17.3 Å². The summed E-state index contributed by atoms with van der Waals surface area (Å²) in [6.45, 7) is 0. The maximum atomic E-state index is 13.6. The van der Waals surface area contributed by atoms with Gasteiger partial charge in [-0.05, 0) is 48.0 Å². The summed E-state index contributed by atoms with van der Waals surface area (Å²) in [4.78, 5) is 30.8. The Bertz CT molecular complexity index is 1510. The lowest BCUT2D eigenvalue weighted by molar-refractivity contribution is -0.118. The third-order valence-corrected chi connectivity index (χ3v) is 6.47. The predicted octanol–water partition coefficient (Wildman–Crippen LogP) is 4.31. The molecule has 0 aliphatic heterocycles. The largest absolute Gasteiger partial charge is 0.497 e. The number of nitrogens with one attached hydrogen (secondary N) is 1. The number of carbonyl (C=O) groups excluding carboxylic acids is 1. The Balaban J connectivity index is 1.65. The number of hydrogen-bond donors (Lipinski definition) is 1. The van der Waals surface area contributed by atoms with Gasteiger partial charge in [0, 0.05) is 11.1 Å². The first-order valence-electron chi connectivity index (χ1n) is 11.0. The van der Waals surface area contributed by atoms with Crippen molar-refractivity contribution in [1.29, 1.82) is 0 Å². The minimum Gasteiger partial charge on any atom is -0.497 e. The van der Waals surface area contributed by atoms with Gasteiger partial charge in [-0.15, -0.1) is 0 Å². The number of halogens is 1. The van der Waals surface area contributed by atoms with Crippen molar-refractivity contribution < 1.29 is 19.0 Å². The van der Waals surface area contributed by atoms with Gasteiger partial charge in [0.05, 0.1) is 49.9 Å². The number of carbonyl (C=O) groups is 1. The van der Waals surface area contributed by atoms with Gasteiger partial charge in [-0.3, -0.25) is 14.2 Å². The van der Waals surface area contributed by atoms with Crippen molar-refractivity contribution in [1.82, 2.24) is 15.0 Å². The molecule has 1 aromatic heterocycles. The Morgan fingerprint density at radius 2 is 1.70 bits per heavy atom. The Morgan fingerprint density at radius 1 is 1.03 bits per heavy atom. The summed E-state index contributed by atoms with van der Waals surface area (Å²) < 4.78 is 17.4. The number of rotatable bonds is 9. The minimum absolute atomic E-state index is 0.0284. The maximum absolute atomic E-state index is 13.6. The maximum Gasteiger partial charge on any atom is 0.266 e. The molecule has 0 unspecified atom stereocenters. The summed E-state index contributed by atoms with van der Waals surface area (Å²) in [6.07, 6.45) is 1.51. The van der Waals surface area contributed by atoms with Crippen LogP contribution in [0.1, 0.15) is 5.56 Å². The van der Waals surface area contributed by atoms with E-state index >= 15 is 0 Å². The lowest BCUT2D eigenvalue weighted by Crippen LogP contribution is -2.24. The number of aromatic nitrogens is 2. The Labute approximate surface area is 222 Å². The van der Waals surface area contributed by atoms with Crippen molar-refractivity contribution in [3.8, 4) is 22.9 Å². The van der Waals surface area contributed by atoms with Crippen LogP contribution in [0.4, 0.5) is 0 Å². The number of ether oxygens (including phenoxy) is 3. The third kappa shape index (κ3) is 6.04. The van der Waals surface area contributed by atoms with Crippen LogP contribution in [0.3, 0.4) is 0 Å². The van der Waals surface area contributed by atoms with Crippen LogP contribution >= 0.6 is 23.4 Å². The Kier molecular flexibility index (Phi) is 8.32. The molecular formula is C26H23ClN4O5S. The Hall–Kier alpha value is -4.02. The van der Waals surface area contributed by atoms with E-state index in [2.05, 4.69) is 15.5 Å². The highest BCUT2D eigenvalue weighted by Gasteiger charge is 2.18. The molecule has 1 N–H and O–H groups in total. The number of methoxy groups -OCH3 is 3. The summed E-state index contributed by atoms with van der Waals surface area (Å²) in [5.74, 6) is 1.10. The van der Waals surface area contributed by atoms with Crippen molar-refractivity contribution in [2.75, 3.05) is 27.1 Å². The molecule has 0 aliphatic rings. The van der Waals surface area contributed by atoms with Gasteiger partial charge in [0.2, 0.25) is 0 Å². The van der Waals surface area contributed by atoms with Crippen molar-refractivity contribution in [3.05, 3.63) is 81.6 Å². The SMILES string of the molecule is COc1ccc(-n2c(SCC(=O)N/N=C/c3ccc(Cl)cc3)nc3cc(OC)c(OC)cc3c2=O)cc1. The molecule has 0 fully saturated rings. The summed E-state index contributed by atoms with van der Waals surface area (Å²) >= 11 is 6.99. The molecule has 190 valence electrons. The number of thioether (sulfide) groups is 1. The second-order valence-electron chi connectivity index (χ2n) is 7.59. The fourth-order valence-corrected chi connectivity index (χ4v) is 4.37. The highest BCUT2D eigenvalue weighted by atomic mass is 35.5. The van der Waals surface area contributed by atoms with Crippen LogP contribution < -0.4 is 25.2 Å². The molecule has 4 aromatic rings. The highest BCUT2D eigenvalue weighted by molar-refractivity contribution is 7.99. The molecule has 0 spiro atoms. The number of hydrogen-bond acceptors (Lipinski definition) is 8. The molecule has 11 heteroatoms. The third-order valence-electron chi connectivity index (χ3n) is 5.28. The number of hydrazone groups is 1. The molecule has 0 aliphatic carbocycles. The summed E-state index contributed by atoms with van der Waals surface area (Å²) in [5, 5.41) is 5.26. The molecule has 0 saturated carbocycles. The number of nitrogens with zero attached hydrogens (tertiary/aromatic N) is 3. The van der Waals surface area contributed by atoms with Gasteiger partial charge in [-0.2, -0.15) is 5.10 Å². The summed E-state index contributed by atoms with van der Waals surface area (Å²) in [6, 6.07) is 17.2. The van der Waals surface area contributed by atoms with Crippen molar-refractivity contribution in [2.24, 2.45) is 5.10 Å². The van der Waals surface area contributed by atoms with Crippen LogP contribution in [0, 0.1) is 0 Å². The van der Waals surface area contributed by atoms with Gasteiger partial charge in [0.25, 0.3) is 11.5 Å². The first-order chi connectivity index (χ1) is 17.9. The number of amides is 1. The summed E-state index contributed by atoms with van der Waals surface area (Å²) in [5.41, 5.74) is 3.93. The summed E-state index contributed by atoms with van der Waals surface area (Å²) in [7, 11) is 4.57. The quantitative estimate of drug-likeness (QED) is 0.146. The fourth-order valence-electron chi connectivity index (χ4n) is 3.44. The van der Waals surface area contributed by atoms with Crippen molar-refractivity contribution >= 4 is 46.4 Å². The van der Waals surface area contributed by atoms with Crippen molar-refractivity contribution in [3.63, 3.8) is 0 Å². The molecule has 0 bridgehead atoms. The van der Waals surface area contributed by atoms with Gasteiger partial charge < -0.3 is 14.2 Å². The van der Waals surface area contributed by atoms with Crippen LogP contribution in [0.25, 0.3) is 16.6 Å². The molecule has 0 atom stereocenters. The average Bonchev–Trinajstić information content (AvgIpc) is 2.92. The van der Waals surface area contributed by atoms with E-state index in [1.807, 2.05) is 0 Å². The van der Waals surface area contributed by atoms with Gasteiger partial charge in [-0.25, -0.2) is 10.4 Å². The molecule has 0 saturated heterocycles. The van der Waals surface area contributed by atoms with Gasteiger partial charge in [0.1, 0.15) is 5.75 Å². The first kappa shape index (κ1) is 26.1. The van der Waals surface area contributed by atoms with Crippen molar-refractivity contribution in [2.45, 2.75) is 5.16 Å². The van der Waals surface area contributed by atoms with E-state index in [9.17, 15) is 9.59 Å². The van der Waals surface area contributed by atoms with E-state index < -0.39 is 0 Å². The van der Waals surface area contributed by atoms with Gasteiger partial charge in [0.15, 0.2) is 16.7 Å². The van der Waals surface area contributed by atoms with Gasteiger partial charge >= 0.3 is 0 Å². The Morgan fingerprint density at radius 3 is 2.35 bits per heavy atom. The highest BCUT2D eigenvalue weighted by Crippen LogP contribution is 2.31. The molecule has 1 amide bonds. The normalized spacial score (nSPS) is 11.0. The second kappa shape index (κ2) is 11.8. The predicted molar refractivity (Wildman–Crippen MR) is 145 cm³/mol. The minimum atomic E-state index is -0.363. The fraction of sp³-hybridized carbons (Fsp3) is 0.154. The first-order valence-corrected chi connectivity index (χ1v) is 12.3. The molecule has 0 radical (unpaired) electrons. The molecule has 3 aromatic carbocycles. The number of fused-ring (bicyclic) bond motifs is 1. The molecule has 37 heavy (non-hydrogen) atoms.